The van der Waals surface area contributed by atoms with Gasteiger partial charge in [0.15, 0.2) is 0 Å². The first-order valence-electron chi connectivity index (χ1n) is 6.21. The molecule has 0 aromatic carbocycles. The quantitative estimate of drug-likeness (QED) is 0.691. The van der Waals surface area contributed by atoms with Crippen molar-refractivity contribution in [3.05, 3.63) is 41.7 Å². The molecule has 0 saturated heterocycles. The summed E-state index contributed by atoms with van der Waals surface area (Å²) in [5, 5.41) is 0. The van der Waals surface area contributed by atoms with Crippen molar-refractivity contribution in [1.82, 2.24) is 9.88 Å². The van der Waals surface area contributed by atoms with Gasteiger partial charge in [-0.25, -0.2) is 0 Å². The number of hydrogen-bond acceptors (Lipinski definition) is 2. The summed E-state index contributed by atoms with van der Waals surface area (Å²) < 4.78 is 0. The first-order chi connectivity index (χ1) is 8.34. The van der Waals surface area contributed by atoms with Crippen molar-refractivity contribution in [2.24, 2.45) is 5.92 Å². The Bertz CT molecular complexity index is 442. The summed E-state index contributed by atoms with van der Waals surface area (Å²) in [5.41, 5.74) is 2.26. The molecule has 0 bridgehead atoms. The third-order valence-corrected chi connectivity index (χ3v) is 3.62. The van der Waals surface area contributed by atoms with Crippen molar-refractivity contribution in [2.45, 2.75) is 32.4 Å². The highest BCUT2D eigenvalue weighted by molar-refractivity contribution is 5.79. The Kier molecular flexibility index (Phi) is 2.67. The van der Waals surface area contributed by atoms with Gasteiger partial charge in [-0.3, -0.25) is 9.78 Å². The van der Waals surface area contributed by atoms with E-state index >= 15 is 0 Å². The molecule has 1 aliphatic carbocycles. The Morgan fingerprint density at radius 1 is 1.35 bits per heavy atom. The van der Waals surface area contributed by atoms with Gasteiger partial charge in [-0.1, -0.05) is 18.2 Å². The van der Waals surface area contributed by atoms with E-state index in [-0.39, 0.29) is 5.92 Å². The number of carbonyl (C=O) groups is 1. The van der Waals surface area contributed by atoms with Gasteiger partial charge in [0, 0.05) is 18.7 Å². The summed E-state index contributed by atoms with van der Waals surface area (Å²) in [7, 11) is 0. The maximum Gasteiger partial charge on any atom is 0.226 e. The van der Waals surface area contributed by atoms with Gasteiger partial charge >= 0.3 is 0 Å². The van der Waals surface area contributed by atoms with Gasteiger partial charge in [0.2, 0.25) is 5.91 Å². The van der Waals surface area contributed by atoms with Gasteiger partial charge in [-0.2, -0.15) is 0 Å². The SMILES string of the molecule is O=C(C1CC=CCC1)N1Cc2cccnc2C1. The van der Waals surface area contributed by atoms with E-state index in [9.17, 15) is 4.79 Å². The number of fused-ring (bicyclic) bond motifs is 1. The summed E-state index contributed by atoms with van der Waals surface area (Å²) in [5.74, 6) is 0.488. The lowest BCUT2D eigenvalue weighted by Gasteiger charge is -2.23. The number of amides is 1. The Labute approximate surface area is 101 Å². The second-order valence-corrected chi connectivity index (χ2v) is 4.78. The lowest BCUT2D eigenvalue weighted by atomic mass is 9.93. The molecule has 1 aromatic rings. The first kappa shape index (κ1) is 10.5. The molecule has 0 fully saturated rings. The molecule has 1 atom stereocenters. The number of carbonyl (C=O) groups excluding carboxylic acids is 1. The van der Waals surface area contributed by atoms with Crippen LogP contribution >= 0.6 is 0 Å². The van der Waals surface area contributed by atoms with E-state index in [0.717, 1.165) is 31.5 Å². The van der Waals surface area contributed by atoms with Crippen molar-refractivity contribution < 1.29 is 4.79 Å². The predicted molar refractivity (Wildman–Crippen MR) is 65.0 cm³/mol. The Morgan fingerprint density at radius 3 is 3.06 bits per heavy atom. The minimum atomic E-state index is 0.189. The van der Waals surface area contributed by atoms with Crippen molar-refractivity contribution >= 4 is 5.91 Å². The highest BCUT2D eigenvalue weighted by Gasteiger charge is 2.29. The van der Waals surface area contributed by atoms with Crippen LogP contribution in [0.15, 0.2) is 30.5 Å². The van der Waals surface area contributed by atoms with E-state index in [2.05, 4.69) is 23.2 Å². The van der Waals surface area contributed by atoms with Crippen molar-refractivity contribution in [3.8, 4) is 0 Å². The van der Waals surface area contributed by atoms with E-state index in [1.54, 1.807) is 6.20 Å². The second kappa shape index (κ2) is 4.32. The zero-order valence-corrected chi connectivity index (χ0v) is 9.80. The molecule has 2 heterocycles. The molecule has 88 valence electrons. The van der Waals surface area contributed by atoms with Crippen LogP contribution in [-0.2, 0) is 17.9 Å². The summed E-state index contributed by atoms with van der Waals surface area (Å²) in [4.78, 5) is 18.6. The van der Waals surface area contributed by atoms with Gasteiger partial charge in [0.1, 0.15) is 0 Å². The van der Waals surface area contributed by atoms with Crippen molar-refractivity contribution in [1.29, 1.82) is 0 Å². The van der Waals surface area contributed by atoms with Crippen LogP contribution in [0.25, 0.3) is 0 Å². The van der Waals surface area contributed by atoms with Crippen LogP contribution in [0.1, 0.15) is 30.5 Å². The van der Waals surface area contributed by atoms with Crippen LogP contribution in [0, 0.1) is 5.92 Å². The average Bonchev–Trinajstić information content (AvgIpc) is 2.82. The van der Waals surface area contributed by atoms with Crippen LogP contribution in [-0.4, -0.2) is 15.8 Å². The normalized spacial score (nSPS) is 22.6. The highest BCUT2D eigenvalue weighted by Crippen LogP contribution is 2.26. The van der Waals surface area contributed by atoms with Gasteiger partial charge in [0.25, 0.3) is 0 Å². The molecule has 0 saturated carbocycles. The van der Waals surface area contributed by atoms with E-state index in [0.29, 0.717) is 12.5 Å². The van der Waals surface area contributed by atoms with Crippen LogP contribution in [0.5, 0.6) is 0 Å². The third kappa shape index (κ3) is 1.97. The summed E-state index contributed by atoms with van der Waals surface area (Å²) in [6, 6.07) is 4.01. The fraction of sp³-hybridized carbons (Fsp3) is 0.429. The molecule has 0 N–H and O–H groups in total. The summed E-state index contributed by atoms with van der Waals surface area (Å²) in [6.45, 7) is 1.43. The van der Waals surface area contributed by atoms with E-state index in [4.69, 9.17) is 0 Å². The van der Waals surface area contributed by atoms with Crippen molar-refractivity contribution in [2.75, 3.05) is 0 Å². The standard InChI is InChI=1S/C14H16N2O/c17-14(11-5-2-1-3-6-11)16-9-12-7-4-8-15-13(12)10-16/h1-2,4,7-8,11H,3,5-6,9-10H2. The smallest absolute Gasteiger partial charge is 0.226 e. The molecule has 1 unspecified atom stereocenters. The molecule has 1 aliphatic heterocycles. The van der Waals surface area contributed by atoms with E-state index in [1.165, 1.54) is 5.56 Å². The largest absolute Gasteiger partial charge is 0.332 e. The molecule has 3 nitrogen and oxygen atoms in total. The van der Waals surface area contributed by atoms with Crippen LogP contribution in [0.2, 0.25) is 0 Å². The maximum atomic E-state index is 12.3. The Balaban J connectivity index is 1.72. The molecular formula is C14H16N2O. The zero-order chi connectivity index (χ0) is 11.7. The number of rotatable bonds is 1. The first-order valence-corrected chi connectivity index (χ1v) is 6.21. The van der Waals surface area contributed by atoms with E-state index in [1.807, 2.05) is 11.0 Å². The molecule has 1 amide bonds. The molecule has 0 spiro atoms. The fourth-order valence-electron chi connectivity index (χ4n) is 2.63. The fourth-order valence-corrected chi connectivity index (χ4v) is 2.63. The zero-order valence-electron chi connectivity index (χ0n) is 9.80. The Morgan fingerprint density at radius 2 is 2.29 bits per heavy atom. The number of pyridine rings is 1. The van der Waals surface area contributed by atoms with Gasteiger partial charge in [0.05, 0.1) is 12.2 Å². The third-order valence-electron chi connectivity index (χ3n) is 3.62. The number of allylic oxidation sites excluding steroid dienone is 2. The molecule has 3 heteroatoms. The minimum absolute atomic E-state index is 0.189. The molecule has 3 rings (SSSR count). The number of nitrogens with zero attached hydrogens (tertiary/aromatic N) is 2. The van der Waals surface area contributed by atoms with Gasteiger partial charge in [-0.15, -0.1) is 0 Å². The van der Waals surface area contributed by atoms with Gasteiger partial charge < -0.3 is 4.90 Å². The lowest BCUT2D eigenvalue weighted by molar-refractivity contribution is -0.136. The molecule has 17 heavy (non-hydrogen) atoms. The van der Waals surface area contributed by atoms with Crippen LogP contribution in [0.4, 0.5) is 0 Å². The van der Waals surface area contributed by atoms with Crippen molar-refractivity contribution in [3.63, 3.8) is 0 Å². The second-order valence-electron chi connectivity index (χ2n) is 4.78. The number of aromatic nitrogens is 1. The molecule has 1 aromatic heterocycles. The average molecular weight is 228 g/mol. The lowest BCUT2D eigenvalue weighted by Crippen LogP contribution is -2.32. The van der Waals surface area contributed by atoms with E-state index < -0.39 is 0 Å². The molecule has 2 aliphatic rings. The van der Waals surface area contributed by atoms with Crippen LogP contribution < -0.4 is 0 Å². The highest BCUT2D eigenvalue weighted by atomic mass is 16.2. The monoisotopic (exact) mass is 228 g/mol. The number of hydrogen-bond donors (Lipinski definition) is 0. The maximum absolute atomic E-state index is 12.3. The minimum Gasteiger partial charge on any atom is -0.332 e. The predicted octanol–water partition coefficient (Wildman–Crippen LogP) is 2.28. The topological polar surface area (TPSA) is 33.2 Å². The van der Waals surface area contributed by atoms with Crippen LogP contribution in [0.3, 0.4) is 0 Å². The van der Waals surface area contributed by atoms with Gasteiger partial charge in [-0.05, 0) is 30.9 Å². The molecule has 0 radical (unpaired) electrons. The Hall–Kier alpha value is -1.64. The summed E-state index contributed by atoms with van der Waals surface area (Å²) >= 11 is 0. The molecular weight excluding hydrogens is 212 g/mol. The summed E-state index contributed by atoms with van der Waals surface area (Å²) in [6.07, 6.45) is 9.04.